The zero-order valence-electron chi connectivity index (χ0n) is 75.3. The summed E-state index contributed by atoms with van der Waals surface area (Å²) in [6.45, 7) is 0. The molecule has 30 rings (SSSR count). The van der Waals surface area contributed by atoms with Gasteiger partial charge < -0.3 is 0 Å². The maximum atomic E-state index is 5.59. The van der Waals surface area contributed by atoms with Gasteiger partial charge in [-0.1, -0.05) is 146 Å². The number of aromatic nitrogens is 18. The summed E-state index contributed by atoms with van der Waals surface area (Å²) in [6.07, 6.45) is 13.8. The molecule has 678 valence electrons. The van der Waals surface area contributed by atoms with Crippen LogP contribution in [0.1, 0.15) is 65.5 Å². The second-order valence-electron chi connectivity index (χ2n) is 34.5. The van der Waals surface area contributed by atoms with E-state index in [0.29, 0.717) is 121 Å². The lowest BCUT2D eigenvalue weighted by atomic mass is 10.0. The highest BCUT2D eigenvalue weighted by atomic mass is 32.1. The van der Waals surface area contributed by atoms with Gasteiger partial charge in [-0.05, 0) is 166 Å². The van der Waals surface area contributed by atoms with Gasteiger partial charge in [0.15, 0.2) is 0 Å². The fourth-order valence-electron chi connectivity index (χ4n) is 19.7. The fraction of sp³-hybridized carbons (Fsp3) is 0.0526. The second kappa shape index (κ2) is 35.4. The standard InChI is InChI=1S/C42H24N6.C36H18N12.C36H24N6S6/c1-7-19-31-25(13-1)26-14-2-8-20-32(26)44-38-37(43-31)39-41(47-35-23-11-5-16-28(35)27-15-3-9-21-33(27)45-39)42-40(38)46-34-22-10-4-17-29(34)30-18-6-12-24-36(30)48-42;1-5-21-27(39-11-1)19-9-15-37-17-25(19)47-35-33(43-21)31-32(46-24-8-4-14-42-30(24)29-23(45-31)7-3-13-41-29)34-36(35)48-26-18-38-16-10-20(26)28-22(44-34)6-2-12-40-28;1-7-19(43-13-1)25-26(20-8-2-14-44-20)38-32-31(37-25)33-35(41-28(22-10-4-16-46-22)27(39-33)21-9-3-15-45-21)36-34(32)40-29(23-11-5-17-47-23)30(42-36)24-12-6-18-48-24/h1-24H;1-18H;1-18,25-30H. The Bertz CT molecular complexity index is 8620. The Balaban J connectivity index is 0.000000105. The van der Waals surface area contributed by atoms with Crippen LogP contribution in [0.25, 0.3) is 198 Å². The summed E-state index contributed by atoms with van der Waals surface area (Å²) >= 11 is 10.4. The molecule has 9 aromatic carbocycles. The second-order valence-corrected chi connectivity index (χ2v) is 40.4. The molecule has 18 aromatic heterocycles. The molecular formula is C114H66N24S6. The molecule has 0 saturated heterocycles. The SMILES string of the molecule is c1ccc2c(c1)nc1c3nc4ccccc4c4ccccc4nc3c3nc4ccccc4c4ccccc4nc3c1nc1ccccc12.c1cnc2c(c1)nc1c(nc3cnccc32)c2nc3cnccc3c3ncccc3nc2c2nc3cccnc3c3ncccc3nc12.c1csc(C2N=c3c4c(c5c(c3=NC2c2cccs2)=NC(c2cccs2)C(c2cccs2)N=5)=NC(c2cccs2)C(c2cccs2)N=4)c1. The maximum absolute atomic E-state index is 5.59. The molecule has 6 unspecified atom stereocenters. The molecule has 6 atom stereocenters. The van der Waals surface area contributed by atoms with E-state index in [1.807, 2.05) is 170 Å². The first-order valence-electron chi connectivity index (χ1n) is 46.4. The minimum atomic E-state index is -0.170. The topological polar surface area (TPSA) is 306 Å². The summed E-state index contributed by atoms with van der Waals surface area (Å²) in [5.74, 6) is 0. The van der Waals surface area contributed by atoms with Crippen molar-refractivity contribution in [2.75, 3.05) is 0 Å². The van der Waals surface area contributed by atoms with Crippen molar-refractivity contribution in [1.82, 2.24) is 89.7 Å². The van der Waals surface area contributed by atoms with Crippen LogP contribution in [0.2, 0.25) is 0 Å². The Morgan fingerprint density at radius 1 is 0.146 bits per heavy atom. The molecule has 0 aliphatic carbocycles. The smallest absolute Gasteiger partial charge is 0.120 e. The molecule has 0 N–H and O–H groups in total. The van der Waals surface area contributed by atoms with Crippen LogP contribution < -0.4 is 32.1 Å². The third kappa shape index (κ3) is 14.6. The number of hydrogen-bond acceptors (Lipinski definition) is 30. The van der Waals surface area contributed by atoms with Gasteiger partial charge in [0.2, 0.25) is 0 Å². The predicted molar refractivity (Wildman–Crippen MR) is 577 cm³/mol. The zero-order valence-corrected chi connectivity index (χ0v) is 80.2. The molecule has 0 radical (unpaired) electrons. The van der Waals surface area contributed by atoms with Crippen molar-refractivity contribution in [3.8, 4) is 0 Å². The molecule has 0 saturated carbocycles. The number of fused-ring (bicyclic) bond motifs is 36. The first-order chi connectivity index (χ1) is 71.4. The normalized spacial score (nSPS) is 15.8. The third-order valence-electron chi connectivity index (χ3n) is 26.1. The van der Waals surface area contributed by atoms with E-state index in [-0.39, 0.29) is 36.3 Å². The van der Waals surface area contributed by atoms with Crippen LogP contribution in [0.4, 0.5) is 0 Å². The van der Waals surface area contributed by atoms with Gasteiger partial charge in [-0.15, -0.1) is 68.0 Å². The van der Waals surface area contributed by atoms with Crippen molar-refractivity contribution >= 4 is 266 Å². The molecule has 144 heavy (non-hydrogen) atoms. The minimum absolute atomic E-state index is 0.170. The molecular weight excluding hydrogens is 1900 g/mol. The highest BCUT2D eigenvalue weighted by Crippen LogP contribution is 2.45. The van der Waals surface area contributed by atoms with Gasteiger partial charge in [-0.3, -0.25) is 59.9 Å². The van der Waals surface area contributed by atoms with Crippen molar-refractivity contribution in [2.45, 2.75) is 36.3 Å². The molecule has 3 aliphatic heterocycles. The molecule has 27 aromatic rings. The first kappa shape index (κ1) is 84.5. The highest BCUT2D eigenvalue weighted by molar-refractivity contribution is 7.11. The molecule has 24 nitrogen and oxygen atoms in total. The van der Waals surface area contributed by atoms with Gasteiger partial charge in [0.1, 0.15) is 146 Å². The van der Waals surface area contributed by atoms with E-state index < -0.39 is 0 Å². The van der Waals surface area contributed by atoms with Crippen molar-refractivity contribution < 1.29 is 0 Å². The lowest BCUT2D eigenvalue weighted by Gasteiger charge is -2.26. The van der Waals surface area contributed by atoms with Crippen molar-refractivity contribution in [2.24, 2.45) is 30.0 Å². The van der Waals surface area contributed by atoms with Crippen LogP contribution in [0.5, 0.6) is 0 Å². The first-order valence-corrected chi connectivity index (χ1v) is 51.7. The Hall–Kier alpha value is -17.5. The number of nitrogens with zero attached hydrogens (tertiary/aromatic N) is 24. The Kier molecular flexibility index (Phi) is 20.8. The number of thiophene rings is 6. The molecule has 21 heterocycles. The van der Waals surface area contributed by atoms with Crippen molar-refractivity contribution in [3.05, 3.63) is 422 Å². The largest absolute Gasteiger partial charge is 0.269 e. The summed E-state index contributed by atoms with van der Waals surface area (Å²) in [4.78, 5) is 132. The van der Waals surface area contributed by atoms with Gasteiger partial charge in [-0.2, -0.15) is 0 Å². The monoisotopic (exact) mass is 1960 g/mol. The van der Waals surface area contributed by atoms with Crippen LogP contribution in [0.15, 0.2) is 391 Å². The number of rotatable bonds is 6. The van der Waals surface area contributed by atoms with Crippen LogP contribution >= 0.6 is 68.0 Å². The number of para-hydroxylation sites is 6. The van der Waals surface area contributed by atoms with Crippen LogP contribution in [0, 0.1) is 0 Å². The molecule has 30 heteroatoms. The van der Waals surface area contributed by atoms with Gasteiger partial charge in [-0.25, -0.2) is 59.8 Å². The van der Waals surface area contributed by atoms with E-state index in [9.17, 15) is 0 Å². The molecule has 0 bridgehead atoms. The summed E-state index contributed by atoms with van der Waals surface area (Å²) in [6, 6.07) is 92.5. The Morgan fingerprint density at radius 2 is 0.333 bits per heavy atom. The molecule has 3 aliphatic rings. The van der Waals surface area contributed by atoms with E-state index in [1.54, 1.807) is 118 Å². The highest BCUT2D eigenvalue weighted by Gasteiger charge is 2.37. The summed E-state index contributed by atoms with van der Waals surface area (Å²) in [5, 5.41) is 25.0. The third-order valence-corrected chi connectivity index (χ3v) is 31.8. The number of hydrogen-bond donors (Lipinski definition) is 0. The number of benzene rings is 9. The van der Waals surface area contributed by atoms with E-state index in [0.717, 1.165) is 108 Å². The van der Waals surface area contributed by atoms with Crippen molar-refractivity contribution in [1.29, 1.82) is 0 Å². The van der Waals surface area contributed by atoms with Gasteiger partial charge in [0.25, 0.3) is 0 Å². The minimum Gasteiger partial charge on any atom is -0.269 e. The van der Waals surface area contributed by atoms with E-state index in [4.69, 9.17) is 99.7 Å². The van der Waals surface area contributed by atoms with Crippen molar-refractivity contribution in [3.63, 3.8) is 0 Å². The van der Waals surface area contributed by atoms with Gasteiger partial charge in [0, 0.05) is 110 Å². The fourth-order valence-corrected chi connectivity index (χ4v) is 24.4. The van der Waals surface area contributed by atoms with E-state index >= 15 is 0 Å². The quantitative estimate of drug-likeness (QED) is 0.149. The lowest BCUT2D eigenvalue weighted by Crippen LogP contribution is -2.68. The van der Waals surface area contributed by atoms with Crippen LogP contribution in [-0.2, 0) is 0 Å². The summed E-state index contributed by atoms with van der Waals surface area (Å²) in [5.41, 5.74) is 17.5. The Labute approximate surface area is 837 Å². The van der Waals surface area contributed by atoms with Crippen LogP contribution in [-0.4, -0.2) is 89.7 Å². The van der Waals surface area contributed by atoms with Gasteiger partial charge >= 0.3 is 0 Å². The lowest BCUT2D eigenvalue weighted by molar-refractivity contribution is 0.504. The maximum Gasteiger partial charge on any atom is 0.120 e. The average molecular weight is 1960 g/mol. The van der Waals surface area contributed by atoms with Gasteiger partial charge in [0.05, 0.1) is 89.6 Å². The number of pyridine rings is 6. The van der Waals surface area contributed by atoms with E-state index in [1.165, 1.54) is 29.3 Å². The average Bonchev–Trinajstić information content (AvgIpc) is 1.50. The summed E-state index contributed by atoms with van der Waals surface area (Å²) in [7, 11) is 0. The molecule has 0 amide bonds. The van der Waals surface area contributed by atoms with E-state index in [2.05, 4.69) is 161 Å². The predicted octanol–water partition coefficient (Wildman–Crippen LogP) is 23.9. The zero-order chi connectivity index (χ0) is 94.8. The molecule has 0 fully saturated rings. The Morgan fingerprint density at radius 3 is 0.549 bits per heavy atom. The van der Waals surface area contributed by atoms with Crippen LogP contribution in [0.3, 0.4) is 0 Å². The molecule has 0 spiro atoms. The summed E-state index contributed by atoms with van der Waals surface area (Å²) < 4.78 is 0.